The fourth-order valence-electron chi connectivity index (χ4n) is 4.02. The molecule has 0 unspecified atom stereocenters. The van der Waals surface area contributed by atoms with Crippen molar-refractivity contribution in [3.8, 4) is 0 Å². The minimum absolute atomic E-state index is 0.287. The van der Waals surface area contributed by atoms with Crippen LogP contribution in [0.15, 0.2) is 42.7 Å². The second-order valence-corrected chi connectivity index (χ2v) is 9.16. The van der Waals surface area contributed by atoms with Gasteiger partial charge in [-0.25, -0.2) is 9.37 Å². The van der Waals surface area contributed by atoms with Gasteiger partial charge in [-0.1, -0.05) is 0 Å². The fraction of sp³-hybridized carbons (Fsp3) is 0.333. The number of pyridine rings is 1. The summed E-state index contributed by atoms with van der Waals surface area (Å²) in [5.74, 6) is 1.58. The highest BCUT2D eigenvalue weighted by Gasteiger charge is 2.23. The van der Waals surface area contributed by atoms with E-state index in [0.29, 0.717) is 35.8 Å². The maximum Gasteiger partial charge on any atom is 0.225 e. The number of aliphatic hydroxyl groups is 1. The summed E-state index contributed by atoms with van der Waals surface area (Å²) in [5, 5.41) is 21.4. The van der Waals surface area contributed by atoms with Crippen LogP contribution in [0.4, 0.5) is 27.7 Å². The summed E-state index contributed by atoms with van der Waals surface area (Å²) in [6.07, 6.45) is 4.31. The molecule has 34 heavy (non-hydrogen) atoms. The van der Waals surface area contributed by atoms with Crippen LogP contribution < -0.4 is 15.5 Å². The molecule has 0 amide bonds. The van der Waals surface area contributed by atoms with Gasteiger partial charge in [-0.3, -0.25) is 9.67 Å². The minimum Gasteiger partial charge on any atom is -0.389 e. The van der Waals surface area contributed by atoms with E-state index in [0.717, 1.165) is 29.2 Å². The summed E-state index contributed by atoms with van der Waals surface area (Å²) in [5.41, 5.74) is 2.70. The smallest absolute Gasteiger partial charge is 0.225 e. The molecule has 1 aliphatic heterocycles. The predicted octanol–water partition coefficient (Wildman–Crippen LogP) is 3.39. The molecule has 0 fully saturated rings. The molecule has 1 aromatic carbocycles. The Kier molecular flexibility index (Phi) is 5.52. The van der Waals surface area contributed by atoms with Crippen molar-refractivity contribution in [3.05, 3.63) is 59.8 Å². The van der Waals surface area contributed by atoms with Crippen LogP contribution >= 0.6 is 0 Å². The Labute approximate surface area is 196 Å². The number of fused-ring (bicyclic) bond motifs is 2. The highest BCUT2D eigenvalue weighted by Crippen LogP contribution is 2.31. The number of nitrogens with one attached hydrogen (secondary N) is 2. The zero-order chi connectivity index (χ0) is 23.9. The van der Waals surface area contributed by atoms with E-state index in [1.807, 2.05) is 19.3 Å². The molecule has 4 aromatic rings. The molecule has 9 nitrogen and oxygen atoms in total. The van der Waals surface area contributed by atoms with E-state index in [1.165, 1.54) is 12.1 Å². The molecule has 4 heterocycles. The maximum absolute atomic E-state index is 14.1. The quantitative estimate of drug-likeness (QED) is 0.401. The van der Waals surface area contributed by atoms with Crippen LogP contribution in [0.25, 0.3) is 10.9 Å². The molecule has 0 aliphatic carbocycles. The molecule has 5 rings (SSSR count). The van der Waals surface area contributed by atoms with Gasteiger partial charge in [-0.2, -0.15) is 10.1 Å². The fourth-order valence-corrected chi connectivity index (χ4v) is 4.02. The lowest BCUT2D eigenvalue weighted by atomic mass is 10.0. The van der Waals surface area contributed by atoms with Crippen LogP contribution in [0.3, 0.4) is 0 Å². The second kappa shape index (κ2) is 8.53. The van der Waals surface area contributed by atoms with E-state index in [2.05, 4.69) is 36.7 Å². The number of aryl methyl sites for hydroxylation is 1. The van der Waals surface area contributed by atoms with Crippen LogP contribution in [-0.2, 0) is 20.0 Å². The molecule has 0 spiro atoms. The van der Waals surface area contributed by atoms with Gasteiger partial charge in [0.15, 0.2) is 0 Å². The number of aromatic nitrogens is 5. The van der Waals surface area contributed by atoms with Gasteiger partial charge in [0, 0.05) is 50.2 Å². The summed E-state index contributed by atoms with van der Waals surface area (Å²) in [4.78, 5) is 16.0. The van der Waals surface area contributed by atoms with Gasteiger partial charge in [0.1, 0.15) is 17.5 Å². The van der Waals surface area contributed by atoms with Crippen molar-refractivity contribution in [2.45, 2.75) is 32.4 Å². The van der Waals surface area contributed by atoms with Crippen molar-refractivity contribution in [1.82, 2.24) is 24.7 Å². The molecule has 0 bridgehead atoms. The molecule has 0 atom stereocenters. The molecule has 176 valence electrons. The van der Waals surface area contributed by atoms with Gasteiger partial charge in [-0.15, -0.1) is 0 Å². The molecule has 0 saturated carbocycles. The lowest BCUT2D eigenvalue weighted by molar-refractivity contribution is 0.0943. The van der Waals surface area contributed by atoms with Gasteiger partial charge in [0.2, 0.25) is 5.95 Å². The summed E-state index contributed by atoms with van der Waals surface area (Å²) in [6.45, 7) is 4.99. The molecular formula is C24H27FN8O. The van der Waals surface area contributed by atoms with Crippen LogP contribution in [0.5, 0.6) is 0 Å². The Morgan fingerprint density at radius 1 is 1.18 bits per heavy atom. The monoisotopic (exact) mass is 462 g/mol. The standard InChI is InChI=1S/C24H27FN8O/c1-24(2,34)14-27-23-30-20-5-4-16(25)11-18(20)22(31-23)33-9-7-19-15(13-33)10-17(12-26-19)29-21-6-8-28-32(21)3/h4-6,8,10-12,29,34H,7,9,13-14H2,1-3H3,(H,27,30,31). The maximum atomic E-state index is 14.1. The minimum atomic E-state index is -0.922. The first-order chi connectivity index (χ1) is 16.2. The van der Waals surface area contributed by atoms with Gasteiger partial charge in [-0.05, 0) is 43.7 Å². The van der Waals surface area contributed by atoms with Crippen molar-refractivity contribution in [3.63, 3.8) is 0 Å². The largest absolute Gasteiger partial charge is 0.389 e. The first kappa shape index (κ1) is 22.0. The average Bonchev–Trinajstić information content (AvgIpc) is 3.20. The van der Waals surface area contributed by atoms with E-state index in [9.17, 15) is 9.50 Å². The summed E-state index contributed by atoms with van der Waals surface area (Å²) in [7, 11) is 1.87. The lowest BCUT2D eigenvalue weighted by Crippen LogP contribution is -2.33. The molecule has 3 N–H and O–H groups in total. The third-order valence-electron chi connectivity index (χ3n) is 5.75. The molecule has 3 aromatic heterocycles. The number of hydrogen-bond acceptors (Lipinski definition) is 8. The Hall–Kier alpha value is -3.79. The van der Waals surface area contributed by atoms with Crippen molar-refractivity contribution >= 4 is 34.2 Å². The van der Waals surface area contributed by atoms with Crippen LogP contribution in [0, 0.1) is 5.82 Å². The van der Waals surface area contributed by atoms with Crippen LogP contribution in [0.1, 0.15) is 25.1 Å². The lowest BCUT2D eigenvalue weighted by Gasteiger charge is -2.30. The van der Waals surface area contributed by atoms with Crippen molar-refractivity contribution in [2.24, 2.45) is 7.05 Å². The van der Waals surface area contributed by atoms with Gasteiger partial charge < -0.3 is 20.6 Å². The predicted molar refractivity (Wildman–Crippen MR) is 130 cm³/mol. The Morgan fingerprint density at radius 2 is 2.03 bits per heavy atom. The zero-order valence-corrected chi connectivity index (χ0v) is 19.4. The van der Waals surface area contributed by atoms with Crippen LogP contribution in [-0.4, -0.2) is 48.5 Å². The summed E-state index contributed by atoms with van der Waals surface area (Å²) >= 11 is 0. The van der Waals surface area contributed by atoms with Gasteiger partial charge >= 0.3 is 0 Å². The Bertz CT molecular complexity index is 1350. The second-order valence-electron chi connectivity index (χ2n) is 9.16. The van der Waals surface area contributed by atoms with Gasteiger partial charge in [0.05, 0.1) is 29.2 Å². The summed E-state index contributed by atoms with van der Waals surface area (Å²) < 4.78 is 15.9. The van der Waals surface area contributed by atoms with E-state index in [-0.39, 0.29) is 12.4 Å². The zero-order valence-electron chi connectivity index (χ0n) is 19.4. The molecular weight excluding hydrogens is 435 g/mol. The highest BCUT2D eigenvalue weighted by molar-refractivity contribution is 5.90. The first-order valence-corrected chi connectivity index (χ1v) is 11.2. The van der Waals surface area contributed by atoms with Gasteiger partial charge in [0.25, 0.3) is 0 Å². The van der Waals surface area contributed by atoms with Crippen molar-refractivity contribution in [1.29, 1.82) is 0 Å². The number of benzene rings is 1. The van der Waals surface area contributed by atoms with E-state index in [4.69, 9.17) is 4.98 Å². The van der Waals surface area contributed by atoms with E-state index >= 15 is 0 Å². The van der Waals surface area contributed by atoms with Crippen LogP contribution in [0.2, 0.25) is 0 Å². The highest BCUT2D eigenvalue weighted by atomic mass is 19.1. The molecule has 1 aliphatic rings. The Balaban J connectivity index is 1.47. The van der Waals surface area contributed by atoms with E-state index in [1.54, 1.807) is 30.8 Å². The average molecular weight is 463 g/mol. The third kappa shape index (κ3) is 4.62. The number of anilines is 4. The van der Waals surface area contributed by atoms with Crippen molar-refractivity contribution < 1.29 is 9.50 Å². The third-order valence-corrected chi connectivity index (χ3v) is 5.75. The first-order valence-electron chi connectivity index (χ1n) is 11.2. The number of hydrogen-bond donors (Lipinski definition) is 3. The topological polar surface area (TPSA) is 104 Å². The Morgan fingerprint density at radius 3 is 2.79 bits per heavy atom. The molecule has 0 saturated heterocycles. The molecule has 10 heteroatoms. The SMILES string of the molecule is Cn1nccc1Nc1cnc2c(c1)CN(c1nc(NCC(C)(C)O)nc3ccc(F)cc13)CC2. The summed E-state index contributed by atoms with van der Waals surface area (Å²) in [6, 6.07) is 8.50. The number of rotatable bonds is 6. The number of nitrogens with zero attached hydrogens (tertiary/aromatic N) is 6. The van der Waals surface area contributed by atoms with Crippen molar-refractivity contribution in [2.75, 3.05) is 28.6 Å². The molecule has 0 radical (unpaired) electrons. The van der Waals surface area contributed by atoms with E-state index < -0.39 is 5.60 Å². The normalized spacial score (nSPS) is 13.7. The number of halogens is 1.